The minimum Gasteiger partial charge on any atom is -0.463 e. The molecule has 13 heteroatoms. The van der Waals surface area contributed by atoms with Crippen LogP contribution in [0, 0.1) is 6.92 Å². The quantitative estimate of drug-likeness (QED) is 0.252. The fraction of sp³-hybridized carbons (Fsp3) is 0.556. The lowest BCUT2D eigenvalue weighted by Gasteiger charge is -2.43. The molecule has 218 valence electrons. The van der Waals surface area contributed by atoms with Gasteiger partial charge in [0.25, 0.3) is 12.2 Å². The van der Waals surface area contributed by atoms with Crippen LogP contribution in [0.4, 0.5) is 5.69 Å². The third kappa shape index (κ3) is 7.34. The van der Waals surface area contributed by atoms with Crippen LogP contribution in [-0.4, -0.2) is 79.2 Å². The number of ether oxygens (including phenoxy) is 4. The summed E-state index contributed by atoms with van der Waals surface area (Å²) >= 11 is 0. The number of benzene rings is 1. The van der Waals surface area contributed by atoms with Crippen LogP contribution in [0.1, 0.15) is 58.6 Å². The van der Waals surface area contributed by atoms with Gasteiger partial charge in [-0.2, -0.15) is 0 Å². The number of esters is 3. The zero-order valence-corrected chi connectivity index (χ0v) is 23.4. The van der Waals surface area contributed by atoms with E-state index >= 15 is 0 Å². The lowest BCUT2D eigenvalue weighted by Crippen LogP contribution is -2.66. The number of hydrogen-bond acceptors (Lipinski definition) is 11. The number of nitrogens with one attached hydrogen (secondary N) is 1. The molecule has 0 radical (unpaired) electrons. The molecule has 40 heavy (non-hydrogen) atoms. The van der Waals surface area contributed by atoms with E-state index in [9.17, 15) is 24.0 Å². The minimum atomic E-state index is -1.43. The summed E-state index contributed by atoms with van der Waals surface area (Å²) in [7, 11) is 0. The van der Waals surface area contributed by atoms with Crippen LogP contribution in [0.25, 0.3) is 0 Å². The van der Waals surface area contributed by atoms with E-state index in [4.69, 9.17) is 23.8 Å². The van der Waals surface area contributed by atoms with Crippen molar-refractivity contribution in [1.29, 1.82) is 0 Å². The molecule has 0 spiro atoms. The van der Waals surface area contributed by atoms with E-state index in [1.54, 1.807) is 4.90 Å². The molecule has 2 heterocycles. The normalized spacial score (nSPS) is 24.8. The van der Waals surface area contributed by atoms with Crippen molar-refractivity contribution in [3.63, 3.8) is 0 Å². The van der Waals surface area contributed by atoms with Gasteiger partial charge in [-0.1, -0.05) is 30.1 Å². The molecule has 1 aromatic rings. The fourth-order valence-corrected chi connectivity index (χ4v) is 4.54. The Labute approximate surface area is 232 Å². The Morgan fingerprint density at radius 2 is 1.70 bits per heavy atom. The number of anilines is 1. The molecule has 1 fully saturated rings. The van der Waals surface area contributed by atoms with Crippen LogP contribution in [-0.2, 0) is 47.8 Å². The highest BCUT2D eigenvalue weighted by Crippen LogP contribution is 2.32. The van der Waals surface area contributed by atoms with Crippen molar-refractivity contribution in [2.75, 3.05) is 18.1 Å². The molecule has 1 aromatic carbocycles. The molecule has 2 aliphatic heterocycles. The average molecular weight is 562 g/mol. The van der Waals surface area contributed by atoms with Crippen molar-refractivity contribution in [3.8, 4) is 0 Å². The molecule has 13 nitrogen and oxygen atoms in total. The molecule has 0 aromatic heterocycles. The number of carbonyl (C=O) groups is 5. The van der Waals surface area contributed by atoms with Crippen LogP contribution < -0.4 is 10.2 Å². The molecule has 0 unspecified atom stereocenters. The van der Waals surface area contributed by atoms with Gasteiger partial charge in [0.15, 0.2) is 17.9 Å². The van der Waals surface area contributed by atoms with Crippen LogP contribution >= 0.6 is 0 Å². The summed E-state index contributed by atoms with van der Waals surface area (Å²) in [6.07, 6.45) is -3.51. The van der Waals surface area contributed by atoms with E-state index in [0.29, 0.717) is 17.8 Å². The number of rotatable bonds is 10. The third-order valence-electron chi connectivity index (χ3n) is 6.20. The van der Waals surface area contributed by atoms with Gasteiger partial charge in [0.05, 0.1) is 5.69 Å². The smallest absolute Gasteiger partial charge is 0.303 e. The highest BCUT2D eigenvalue weighted by Gasteiger charge is 2.52. The van der Waals surface area contributed by atoms with Crippen LogP contribution in [0.15, 0.2) is 23.4 Å². The molecular weight excluding hydrogens is 526 g/mol. The Hall–Kier alpha value is -4.00. The first kappa shape index (κ1) is 30.5. The van der Waals surface area contributed by atoms with Crippen molar-refractivity contribution in [3.05, 3.63) is 29.3 Å². The van der Waals surface area contributed by atoms with E-state index in [-0.39, 0.29) is 18.2 Å². The van der Waals surface area contributed by atoms with E-state index in [1.165, 1.54) is 13.8 Å². The zero-order valence-electron chi connectivity index (χ0n) is 23.4. The SMILES string of the molecule is CCCCN1C(=O)/C(=N\O[C@H]2O[C@@H](COC(C)=O)[C@@H](OC(C)=O)[C@@H](OC(C)=O)[C@H]2NC(C)=O)c2cc(C)ccc21. The molecule has 2 aliphatic rings. The summed E-state index contributed by atoms with van der Waals surface area (Å²) in [5, 5.41) is 6.75. The van der Waals surface area contributed by atoms with Gasteiger partial charge in [-0.25, -0.2) is 0 Å². The van der Waals surface area contributed by atoms with Gasteiger partial charge in [-0.3, -0.25) is 24.0 Å². The highest BCUT2D eigenvalue weighted by atomic mass is 16.8. The lowest BCUT2D eigenvalue weighted by atomic mass is 9.96. The Bertz CT molecular complexity index is 1180. The van der Waals surface area contributed by atoms with Gasteiger partial charge in [0.1, 0.15) is 18.8 Å². The van der Waals surface area contributed by atoms with E-state index < -0.39 is 54.5 Å². The summed E-state index contributed by atoms with van der Waals surface area (Å²) in [4.78, 5) is 68.3. The maximum Gasteiger partial charge on any atom is 0.303 e. The number of hydrogen-bond donors (Lipinski definition) is 1. The summed E-state index contributed by atoms with van der Waals surface area (Å²) in [6.45, 7) is 8.70. The van der Waals surface area contributed by atoms with Crippen LogP contribution in [0.5, 0.6) is 0 Å². The Balaban J connectivity index is 2.02. The van der Waals surface area contributed by atoms with E-state index in [0.717, 1.165) is 32.3 Å². The fourth-order valence-electron chi connectivity index (χ4n) is 4.54. The number of unbranched alkanes of at least 4 members (excludes halogenated alkanes) is 1. The monoisotopic (exact) mass is 561 g/mol. The first-order chi connectivity index (χ1) is 18.9. The van der Waals surface area contributed by atoms with Crippen molar-refractivity contribution >= 4 is 41.1 Å². The van der Waals surface area contributed by atoms with Gasteiger partial charge in [0.2, 0.25) is 5.91 Å². The summed E-state index contributed by atoms with van der Waals surface area (Å²) in [5.74, 6) is -3.00. The maximum atomic E-state index is 13.4. The van der Waals surface area contributed by atoms with Crippen molar-refractivity contribution in [2.45, 2.75) is 85.0 Å². The van der Waals surface area contributed by atoms with Crippen molar-refractivity contribution < 1.29 is 47.8 Å². The molecule has 3 rings (SSSR count). The minimum absolute atomic E-state index is 0.0302. The maximum absolute atomic E-state index is 13.4. The molecule has 0 saturated carbocycles. The second kappa shape index (κ2) is 13.4. The lowest BCUT2D eigenvalue weighted by molar-refractivity contribution is -0.278. The van der Waals surface area contributed by atoms with E-state index in [2.05, 4.69) is 10.5 Å². The second-order valence-electron chi connectivity index (χ2n) is 9.60. The van der Waals surface area contributed by atoms with Crippen molar-refractivity contribution in [2.24, 2.45) is 5.16 Å². The van der Waals surface area contributed by atoms with Gasteiger partial charge < -0.3 is 34.0 Å². The molecule has 0 bridgehead atoms. The topological polar surface area (TPSA) is 159 Å². The van der Waals surface area contributed by atoms with Gasteiger partial charge in [0, 0.05) is 39.8 Å². The number of amides is 2. The first-order valence-electron chi connectivity index (χ1n) is 13.0. The number of fused-ring (bicyclic) bond motifs is 1. The van der Waals surface area contributed by atoms with Gasteiger partial charge in [-0.15, -0.1) is 0 Å². The Morgan fingerprint density at radius 3 is 2.30 bits per heavy atom. The zero-order chi connectivity index (χ0) is 29.6. The van der Waals surface area contributed by atoms with Crippen LogP contribution in [0.2, 0.25) is 0 Å². The van der Waals surface area contributed by atoms with Gasteiger partial charge >= 0.3 is 17.9 Å². The molecular formula is C27H35N3O10. The van der Waals surface area contributed by atoms with Crippen LogP contribution in [0.3, 0.4) is 0 Å². The summed E-state index contributed by atoms with van der Waals surface area (Å²) in [5.41, 5.74) is 2.19. The third-order valence-corrected chi connectivity index (χ3v) is 6.20. The average Bonchev–Trinajstić information content (AvgIpc) is 3.11. The molecule has 2 amide bonds. The summed E-state index contributed by atoms with van der Waals surface area (Å²) < 4.78 is 21.9. The number of carbonyl (C=O) groups excluding carboxylic acids is 5. The second-order valence-corrected chi connectivity index (χ2v) is 9.60. The van der Waals surface area contributed by atoms with Crippen molar-refractivity contribution in [1.82, 2.24) is 5.32 Å². The van der Waals surface area contributed by atoms with Gasteiger partial charge in [-0.05, 0) is 25.5 Å². The van der Waals surface area contributed by atoms with E-state index in [1.807, 2.05) is 32.0 Å². The predicted molar refractivity (Wildman–Crippen MR) is 140 cm³/mol. The molecule has 1 saturated heterocycles. The molecule has 5 atom stereocenters. The standard InChI is InChI=1S/C27H35N3O10/c1-7-8-11-30-20-10-9-14(2)12-19(20)22(26(30)35)29-40-27-23(28-15(3)31)25(38-18(6)34)24(37-17(5)33)21(39-27)13-36-16(4)32/h9-10,12,21,23-25,27H,7-8,11,13H2,1-6H3,(H,28,31)/b29-22-/t21-,23+,24+,25-,27+/m0/s1. The number of nitrogens with zero attached hydrogens (tertiary/aromatic N) is 2. The number of oxime groups is 1. The largest absolute Gasteiger partial charge is 0.463 e. The number of aryl methyl sites for hydroxylation is 1. The first-order valence-corrected chi connectivity index (χ1v) is 13.0. The predicted octanol–water partition coefficient (Wildman–Crippen LogP) is 1.52. The Morgan fingerprint density at radius 1 is 1.02 bits per heavy atom. The highest BCUT2D eigenvalue weighted by molar-refractivity contribution is 6.54. The molecule has 1 N–H and O–H groups in total. The molecule has 0 aliphatic carbocycles. The summed E-state index contributed by atoms with van der Waals surface area (Å²) in [6, 6.07) is 4.34. The Kier molecular flexibility index (Phi) is 10.2.